The highest BCUT2D eigenvalue weighted by Gasteiger charge is 2.27. The number of carbonyl (C=O) groups excluding carboxylic acids is 1. The highest BCUT2D eigenvalue weighted by atomic mass is 79.9. The van der Waals surface area contributed by atoms with Crippen molar-refractivity contribution >= 4 is 22.0 Å². The molecule has 0 bridgehead atoms. The third-order valence-corrected chi connectivity index (χ3v) is 5.58. The third kappa shape index (κ3) is 3.13. The van der Waals surface area contributed by atoms with Gasteiger partial charge in [0.15, 0.2) is 0 Å². The van der Waals surface area contributed by atoms with E-state index in [1.54, 1.807) is 4.90 Å². The molecule has 3 rings (SSSR count). The molecule has 0 saturated carbocycles. The van der Waals surface area contributed by atoms with Crippen molar-refractivity contribution in [2.24, 2.45) is 0 Å². The highest BCUT2D eigenvalue weighted by molar-refractivity contribution is 9.10. The molecule has 0 fully saturated rings. The van der Waals surface area contributed by atoms with Gasteiger partial charge in [-0.05, 0) is 64.0 Å². The van der Waals surface area contributed by atoms with E-state index >= 15 is 0 Å². The number of benzene rings is 2. The van der Waals surface area contributed by atoms with Gasteiger partial charge in [0, 0.05) is 13.1 Å². The average molecular weight is 390 g/mol. The fraction of sp³-hybridized carbons (Fsp3) is 0.316. The summed E-state index contributed by atoms with van der Waals surface area (Å²) >= 11 is 3.44. The van der Waals surface area contributed by atoms with Gasteiger partial charge in [-0.3, -0.25) is 0 Å². The number of aromatic hydroxyl groups is 1. The lowest BCUT2D eigenvalue weighted by Crippen LogP contribution is -2.37. The number of phenols is 1. The van der Waals surface area contributed by atoms with E-state index in [0.29, 0.717) is 23.3 Å². The van der Waals surface area contributed by atoms with Crippen LogP contribution < -0.4 is 0 Å². The fourth-order valence-corrected chi connectivity index (χ4v) is 3.64. The van der Waals surface area contributed by atoms with Gasteiger partial charge >= 0.3 is 6.09 Å². The van der Waals surface area contributed by atoms with E-state index in [-0.39, 0.29) is 12.7 Å². The van der Waals surface area contributed by atoms with Crippen LogP contribution in [0.25, 0.3) is 0 Å². The zero-order valence-corrected chi connectivity index (χ0v) is 15.4. The molecule has 126 valence electrons. The molecule has 2 aromatic carbocycles. The molecule has 24 heavy (non-hydrogen) atoms. The van der Waals surface area contributed by atoms with Crippen LogP contribution >= 0.6 is 15.9 Å². The van der Waals surface area contributed by atoms with Gasteiger partial charge in [0.25, 0.3) is 0 Å². The number of halogens is 1. The number of rotatable bonds is 2. The molecule has 0 radical (unpaired) electrons. The van der Waals surface area contributed by atoms with Crippen LogP contribution in [0.1, 0.15) is 27.8 Å². The van der Waals surface area contributed by atoms with Crippen molar-refractivity contribution < 1.29 is 14.6 Å². The van der Waals surface area contributed by atoms with E-state index in [0.717, 1.165) is 34.2 Å². The average Bonchev–Trinajstić information content (AvgIpc) is 2.63. The minimum atomic E-state index is -0.300. The lowest BCUT2D eigenvalue weighted by Gasteiger charge is -2.31. The van der Waals surface area contributed by atoms with E-state index in [1.165, 1.54) is 0 Å². The van der Waals surface area contributed by atoms with Gasteiger partial charge in [-0.15, -0.1) is 0 Å². The smallest absolute Gasteiger partial charge is 0.410 e. The predicted molar refractivity (Wildman–Crippen MR) is 96.0 cm³/mol. The van der Waals surface area contributed by atoms with Crippen molar-refractivity contribution in [3.63, 3.8) is 0 Å². The maximum absolute atomic E-state index is 12.4. The summed E-state index contributed by atoms with van der Waals surface area (Å²) in [6.45, 7) is 5.26. The SMILES string of the molecule is Cc1c(O)c(Br)c(C)c2c1CCN(C(=O)OCc1ccccc1)C2. The number of nitrogens with zero attached hydrogens (tertiary/aromatic N) is 1. The summed E-state index contributed by atoms with van der Waals surface area (Å²) in [5.41, 5.74) is 5.08. The van der Waals surface area contributed by atoms with Crippen molar-refractivity contribution in [3.05, 3.63) is 62.6 Å². The number of fused-ring (bicyclic) bond motifs is 1. The molecule has 0 atom stereocenters. The molecule has 0 saturated heterocycles. The van der Waals surface area contributed by atoms with Gasteiger partial charge < -0.3 is 14.7 Å². The van der Waals surface area contributed by atoms with E-state index in [2.05, 4.69) is 15.9 Å². The van der Waals surface area contributed by atoms with Crippen LogP contribution in [-0.2, 0) is 24.3 Å². The molecule has 1 amide bonds. The van der Waals surface area contributed by atoms with Crippen LogP contribution in [0.4, 0.5) is 4.79 Å². The number of amides is 1. The normalized spacial score (nSPS) is 13.5. The molecule has 4 nitrogen and oxygen atoms in total. The Morgan fingerprint density at radius 1 is 1.21 bits per heavy atom. The molecule has 1 heterocycles. The number of phenolic OH excluding ortho intramolecular Hbond substituents is 1. The van der Waals surface area contributed by atoms with E-state index in [1.807, 2.05) is 44.2 Å². The monoisotopic (exact) mass is 389 g/mol. The van der Waals surface area contributed by atoms with Crippen LogP contribution in [0.5, 0.6) is 5.75 Å². The van der Waals surface area contributed by atoms with Crippen molar-refractivity contribution in [3.8, 4) is 5.75 Å². The molecule has 0 spiro atoms. The summed E-state index contributed by atoms with van der Waals surface area (Å²) in [6, 6.07) is 9.66. The van der Waals surface area contributed by atoms with Crippen molar-refractivity contribution in [2.45, 2.75) is 33.4 Å². The molecule has 5 heteroatoms. The second kappa shape index (κ2) is 6.85. The van der Waals surface area contributed by atoms with Gasteiger partial charge in [0.2, 0.25) is 0 Å². The van der Waals surface area contributed by atoms with Crippen molar-refractivity contribution in [2.75, 3.05) is 6.54 Å². The highest BCUT2D eigenvalue weighted by Crippen LogP contribution is 2.38. The Morgan fingerprint density at radius 3 is 2.62 bits per heavy atom. The van der Waals surface area contributed by atoms with Gasteiger partial charge in [-0.2, -0.15) is 0 Å². The summed E-state index contributed by atoms with van der Waals surface area (Å²) in [5, 5.41) is 10.2. The van der Waals surface area contributed by atoms with Crippen LogP contribution in [0, 0.1) is 13.8 Å². The van der Waals surface area contributed by atoms with E-state index < -0.39 is 0 Å². The fourth-order valence-electron chi connectivity index (χ4n) is 3.11. The molecular formula is C19H20BrNO3. The quantitative estimate of drug-likeness (QED) is 0.824. The largest absolute Gasteiger partial charge is 0.506 e. The summed E-state index contributed by atoms with van der Waals surface area (Å²) in [7, 11) is 0. The lowest BCUT2D eigenvalue weighted by molar-refractivity contribution is 0.0917. The first kappa shape index (κ1) is 16.8. The van der Waals surface area contributed by atoms with Crippen molar-refractivity contribution in [1.29, 1.82) is 0 Å². The Morgan fingerprint density at radius 2 is 1.92 bits per heavy atom. The maximum atomic E-state index is 12.4. The molecule has 1 aliphatic heterocycles. The molecular weight excluding hydrogens is 370 g/mol. The first-order valence-corrected chi connectivity index (χ1v) is 8.73. The number of hydrogen-bond acceptors (Lipinski definition) is 3. The topological polar surface area (TPSA) is 49.8 Å². The Bertz CT molecular complexity index is 774. The maximum Gasteiger partial charge on any atom is 0.410 e. The Labute approximate surface area is 150 Å². The van der Waals surface area contributed by atoms with Crippen molar-refractivity contribution in [1.82, 2.24) is 4.90 Å². The summed E-state index contributed by atoms with van der Waals surface area (Å²) in [5.74, 6) is 0.298. The van der Waals surface area contributed by atoms with Gasteiger partial charge in [0.05, 0.1) is 4.47 Å². The molecule has 1 N–H and O–H groups in total. The van der Waals surface area contributed by atoms with Crippen LogP contribution in [0.15, 0.2) is 34.8 Å². The first-order chi connectivity index (χ1) is 11.5. The minimum absolute atomic E-state index is 0.278. The molecule has 2 aromatic rings. The summed E-state index contributed by atoms with van der Waals surface area (Å²) in [6.07, 6.45) is 0.425. The van der Waals surface area contributed by atoms with Gasteiger partial charge in [-0.25, -0.2) is 4.79 Å². The minimum Gasteiger partial charge on any atom is -0.506 e. The van der Waals surface area contributed by atoms with Crippen LogP contribution in [0.3, 0.4) is 0 Å². The molecule has 0 aliphatic carbocycles. The first-order valence-electron chi connectivity index (χ1n) is 7.94. The van der Waals surface area contributed by atoms with Crippen LogP contribution in [0.2, 0.25) is 0 Å². The molecule has 1 aliphatic rings. The predicted octanol–water partition coefficient (Wildman–Crippen LogP) is 4.47. The Balaban J connectivity index is 1.74. The lowest BCUT2D eigenvalue weighted by atomic mass is 9.91. The van der Waals surface area contributed by atoms with Gasteiger partial charge in [0.1, 0.15) is 12.4 Å². The van der Waals surface area contributed by atoms with E-state index in [9.17, 15) is 9.90 Å². The van der Waals surface area contributed by atoms with E-state index in [4.69, 9.17) is 4.74 Å². The Kier molecular flexibility index (Phi) is 4.81. The standard InChI is InChI=1S/C19H20BrNO3/c1-12-16-10-21(9-8-15(16)13(2)18(22)17(12)20)19(23)24-11-14-6-4-3-5-7-14/h3-7,22H,8-11H2,1-2H3. The van der Waals surface area contributed by atoms with Crippen LogP contribution in [-0.4, -0.2) is 22.6 Å². The Hall–Kier alpha value is -2.01. The zero-order chi connectivity index (χ0) is 17.3. The summed E-state index contributed by atoms with van der Waals surface area (Å²) < 4.78 is 6.14. The third-order valence-electron chi connectivity index (χ3n) is 4.61. The number of hydrogen-bond donors (Lipinski definition) is 1. The molecule has 0 unspecified atom stereocenters. The zero-order valence-electron chi connectivity index (χ0n) is 13.8. The van der Waals surface area contributed by atoms with Gasteiger partial charge in [-0.1, -0.05) is 30.3 Å². The number of carbonyl (C=O) groups is 1. The number of ether oxygens (including phenoxy) is 1. The summed E-state index contributed by atoms with van der Waals surface area (Å²) in [4.78, 5) is 14.1. The molecule has 0 aromatic heterocycles. The second-order valence-corrected chi connectivity index (χ2v) is 6.87. The second-order valence-electron chi connectivity index (χ2n) is 6.08.